The van der Waals surface area contributed by atoms with E-state index < -0.39 is 48.6 Å². The van der Waals surface area contributed by atoms with Crippen LogP contribution in [0.15, 0.2) is 0 Å². The van der Waals surface area contributed by atoms with Crippen LogP contribution in [0.4, 0.5) is 0 Å². The summed E-state index contributed by atoms with van der Waals surface area (Å²) in [5.74, 6) is -0.494. The third-order valence-electron chi connectivity index (χ3n) is 4.98. The van der Waals surface area contributed by atoms with Crippen LogP contribution in [0.25, 0.3) is 0 Å². The molecule has 0 bridgehead atoms. The maximum absolute atomic E-state index is 11.8. The lowest BCUT2D eigenvalue weighted by Gasteiger charge is -2.31. The van der Waals surface area contributed by atoms with Gasteiger partial charge in [-0.15, -0.1) is 0 Å². The highest BCUT2D eigenvalue weighted by atomic mass is 32.1. The largest absolute Gasteiger partial charge is 0.465 e. The Morgan fingerprint density at radius 1 is 0.618 bits per heavy atom. The number of aliphatic hydroxyl groups excluding tert-OH is 3. The average Bonchev–Trinajstić information content (AvgIpc) is 2.83. The van der Waals surface area contributed by atoms with E-state index >= 15 is 0 Å². The molecule has 0 aromatic rings. The normalized spacial score (nSPS) is 11.8. The maximum Gasteiger partial charge on any atom is 0.306 e. The van der Waals surface area contributed by atoms with Crippen molar-refractivity contribution in [3.05, 3.63) is 0 Å². The topological polar surface area (TPSA) is 149 Å². The van der Waals surface area contributed by atoms with Crippen LogP contribution in [-0.4, -0.2) is 103 Å². The second-order valence-corrected chi connectivity index (χ2v) is 9.37. The molecule has 0 fully saturated rings. The summed E-state index contributed by atoms with van der Waals surface area (Å²) in [6, 6.07) is 0. The van der Waals surface area contributed by atoms with E-state index in [4.69, 9.17) is 18.9 Å². The van der Waals surface area contributed by atoms with E-state index in [1.54, 1.807) is 0 Å². The van der Waals surface area contributed by atoms with E-state index in [0.29, 0.717) is 30.1 Å². The van der Waals surface area contributed by atoms with E-state index in [0.717, 1.165) is 0 Å². The Morgan fingerprint density at radius 2 is 1.00 bits per heavy atom. The molecular weight excluding hydrogens is 508 g/mol. The Morgan fingerprint density at radius 3 is 1.35 bits per heavy atom. The van der Waals surface area contributed by atoms with Crippen LogP contribution in [0, 0.1) is 10.8 Å². The Labute approximate surface area is 217 Å². The number of thiol groups is 3. The smallest absolute Gasteiger partial charge is 0.306 e. The van der Waals surface area contributed by atoms with Crippen molar-refractivity contribution in [2.24, 2.45) is 10.8 Å². The second-order valence-electron chi connectivity index (χ2n) is 8.03. The molecule has 0 rings (SSSR count). The van der Waals surface area contributed by atoms with E-state index in [1.807, 2.05) is 0 Å². The number of aliphatic hydroxyl groups is 3. The summed E-state index contributed by atoms with van der Waals surface area (Å²) in [6.07, 6.45) is 1.01. The second kappa shape index (κ2) is 19.5. The molecule has 0 aliphatic carbocycles. The highest BCUT2D eigenvalue weighted by Gasteiger charge is 2.34. The van der Waals surface area contributed by atoms with Crippen molar-refractivity contribution in [2.75, 3.05) is 70.1 Å². The van der Waals surface area contributed by atoms with Gasteiger partial charge in [0, 0.05) is 23.9 Å². The molecule has 13 heteroatoms. The Bertz CT molecular complexity index is 565. The number of esters is 3. The number of hydrogen-bond donors (Lipinski definition) is 6. The summed E-state index contributed by atoms with van der Waals surface area (Å²) >= 11 is 11.9. The highest BCUT2D eigenvalue weighted by Crippen LogP contribution is 2.26. The fourth-order valence-electron chi connectivity index (χ4n) is 2.66. The predicted octanol–water partition coefficient (Wildman–Crippen LogP) is 0.322. The van der Waals surface area contributed by atoms with E-state index in [9.17, 15) is 29.7 Å². The van der Waals surface area contributed by atoms with Gasteiger partial charge >= 0.3 is 17.9 Å². The number of carbonyl (C=O) groups excluding carboxylic acids is 3. The van der Waals surface area contributed by atoms with Crippen molar-refractivity contribution in [2.45, 2.75) is 32.1 Å². The lowest BCUT2D eigenvalue weighted by Crippen LogP contribution is -2.41. The molecule has 0 heterocycles. The van der Waals surface area contributed by atoms with Gasteiger partial charge in [-0.1, -0.05) is 0 Å². The lowest BCUT2D eigenvalue weighted by atomic mass is 9.85. The molecule has 0 aliphatic heterocycles. The van der Waals surface area contributed by atoms with Crippen LogP contribution >= 0.6 is 37.9 Å². The van der Waals surface area contributed by atoms with Gasteiger partial charge in [-0.3, -0.25) is 14.4 Å². The molecule has 0 amide bonds. The fourth-order valence-corrected chi connectivity index (χ4v) is 3.21. The van der Waals surface area contributed by atoms with Crippen LogP contribution in [0.1, 0.15) is 32.1 Å². The summed E-state index contributed by atoms with van der Waals surface area (Å²) < 4.78 is 21.1. The number of hydrogen-bond acceptors (Lipinski definition) is 13. The van der Waals surface area contributed by atoms with Crippen LogP contribution in [0.2, 0.25) is 0 Å². The molecule has 3 N–H and O–H groups in total. The summed E-state index contributed by atoms with van der Waals surface area (Å²) in [5, 5.41) is 29.4. The maximum atomic E-state index is 11.8. The molecule has 0 saturated carbocycles. The van der Waals surface area contributed by atoms with Crippen LogP contribution in [0.3, 0.4) is 0 Å². The zero-order chi connectivity index (χ0) is 25.9. The number of carbonyl (C=O) groups is 3. The molecule has 0 saturated heterocycles. The van der Waals surface area contributed by atoms with Gasteiger partial charge in [-0.25, -0.2) is 0 Å². The van der Waals surface area contributed by atoms with Gasteiger partial charge in [0.1, 0.15) is 19.8 Å². The standard InChI is InChI=1S/C21H38O10S3/c22-10-20(14-29-17(25)2-7-32,15-30-18(26)3-8-33)5-1-6-28-13-21(11-23,12-24)16-31-19(27)4-9-34/h22-24,32-34H,1-16H2. The van der Waals surface area contributed by atoms with Crippen LogP contribution < -0.4 is 0 Å². The Balaban J connectivity index is 4.88. The molecule has 0 unspecified atom stereocenters. The third kappa shape index (κ3) is 14.0. The fraction of sp³-hybridized carbons (Fsp3) is 0.857. The highest BCUT2D eigenvalue weighted by molar-refractivity contribution is 7.80. The molecule has 0 aromatic heterocycles. The van der Waals surface area contributed by atoms with Crippen molar-refractivity contribution in [1.29, 1.82) is 0 Å². The van der Waals surface area contributed by atoms with Crippen molar-refractivity contribution in [3.8, 4) is 0 Å². The van der Waals surface area contributed by atoms with Crippen molar-refractivity contribution in [1.82, 2.24) is 0 Å². The van der Waals surface area contributed by atoms with Crippen molar-refractivity contribution < 1.29 is 48.7 Å². The molecule has 0 aliphatic rings. The van der Waals surface area contributed by atoms with Crippen LogP contribution in [-0.2, 0) is 33.3 Å². The predicted molar refractivity (Wildman–Crippen MR) is 134 cm³/mol. The number of rotatable bonds is 21. The van der Waals surface area contributed by atoms with Crippen molar-refractivity contribution >= 4 is 55.8 Å². The molecule has 34 heavy (non-hydrogen) atoms. The molecule has 10 nitrogen and oxygen atoms in total. The first-order valence-electron chi connectivity index (χ1n) is 11.0. The molecule has 0 atom stereocenters. The molecule has 200 valence electrons. The van der Waals surface area contributed by atoms with Gasteiger partial charge in [0.25, 0.3) is 0 Å². The van der Waals surface area contributed by atoms with Crippen LogP contribution in [0.5, 0.6) is 0 Å². The van der Waals surface area contributed by atoms with Crippen molar-refractivity contribution in [3.63, 3.8) is 0 Å². The average molecular weight is 547 g/mol. The lowest BCUT2D eigenvalue weighted by molar-refractivity contribution is -0.156. The van der Waals surface area contributed by atoms with Gasteiger partial charge in [-0.2, -0.15) is 37.9 Å². The van der Waals surface area contributed by atoms with Gasteiger partial charge in [0.2, 0.25) is 0 Å². The van der Waals surface area contributed by atoms with E-state index in [2.05, 4.69) is 37.9 Å². The monoisotopic (exact) mass is 546 g/mol. The van der Waals surface area contributed by atoms with E-state index in [-0.39, 0.29) is 52.3 Å². The van der Waals surface area contributed by atoms with Gasteiger partial charge in [0.05, 0.1) is 56.5 Å². The summed E-state index contributed by atoms with van der Waals surface area (Å²) in [7, 11) is 0. The number of ether oxygens (including phenoxy) is 4. The summed E-state index contributed by atoms with van der Waals surface area (Å²) in [4.78, 5) is 35.1. The Kier molecular flexibility index (Phi) is 19.1. The summed E-state index contributed by atoms with van der Waals surface area (Å²) in [6.45, 7) is -1.73. The first-order valence-corrected chi connectivity index (χ1v) is 12.9. The zero-order valence-corrected chi connectivity index (χ0v) is 22.0. The first-order chi connectivity index (χ1) is 16.3. The first kappa shape index (κ1) is 33.3. The quantitative estimate of drug-likeness (QED) is 0.0515. The molecule has 0 spiro atoms. The molecule has 0 aromatic carbocycles. The third-order valence-corrected chi connectivity index (χ3v) is 5.65. The minimum absolute atomic E-state index is 0.0753. The SMILES string of the molecule is O=C(CCS)OCC(CO)(CO)COCCCC(CO)(COC(=O)CCS)COC(=O)CCS. The summed E-state index contributed by atoms with van der Waals surface area (Å²) in [5.41, 5.74) is -2.18. The van der Waals surface area contributed by atoms with Gasteiger partial charge < -0.3 is 34.3 Å². The minimum Gasteiger partial charge on any atom is -0.465 e. The van der Waals surface area contributed by atoms with Gasteiger partial charge in [0.15, 0.2) is 0 Å². The minimum atomic E-state index is -1.16. The molecular formula is C21H38O10S3. The zero-order valence-electron chi connectivity index (χ0n) is 19.4. The molecule has 0 radical (unpaired) electrons. The Hall–Kier alpha value is -0.700. The van der Waals surface area contributed by atoms with Gasteiger partial charge in [-0.05, 0) is 12.8 Å². The van der Waals surface area contributed by atoms with E-state index in [1.165, 1.54) is 0 Å².